The van der Waals surface area contributed by atoms with Gasteiger partial charge in [0.15, 0.2) is 0 Å². The van der Waals surface area contributed by atoms with E-state index in [2.05, 4.69) is 81.4 Å². The lowest BCUT2D eigenvalue weighted by molar-refractivity contribution is -0.115. The zero-order chi connectivity index (χ0) is 42.1. The van der Waals surface area contributed by atoms with Gasteiger partial charge in [-0.3, -0.25) is 0 Å². The molecule has 0 radical (unpaired) electrons. The van der Waals surface area contributed by atoms with Crippen molar-refractivity contribution in [1.29, 1.82) is 0 Å². The van der Waals surface area contributed by atoms with Crippen molar-refractivity contribution < 1.29 is 14.9 Å². The number of fused-ring (bicyclic) bond motifs is 10. The van der Waals surface area contributed by atoms with E-state index in [4.69, 9.17) is 4.74 Å². The van der Waals surface area contributed by atoms with E-state index in [0.29, 0.717) is 34.5 Å². The van der Waals surface area contributed by atoms with Crippen LogP contribution in [0.2, 0.25) is 0 Å². The minimum Gasteiger partial charge on any atom is -0.393 e. The maximum atomic E-state index is 11.4. The predicted molar refractivity (Wildman–Crippen MR) is 247 cm³/mol. The fourth-order valence-corrected chi connectivity index (χ4v) is 18.6. The average Bonchev–Trinajstić information content (AvgIpc) is 3.72. The van der Waals surface area contributed by atoms with Crippen LogP contribution in [0.3, 0.4) is 0 Å². The Hall–Kier alpha value is -0.640. The van der Waals surface area contributed by atoms with Crippen LogP contribution in [-0.4, -0.2) is 35.6 Å². The van der Waals surface area contributed by atoms with Gasteiger partial charge < -0.3 is 14.9 Å². The van der Waals surface area contributed by atoms with Gasteiger partial charge in [0.25, 0.3) is 0 Å². The van der Waals surface area contributed by atoms with Crippen molar-refractivity contribution >= 4 is 0 Å². The normalized spacial score (nSPS) is 47.6. The second-order valence-corrected chi connectivity index (χ2v) is 25.4. The van der Waals surface area contributed by atoms with E-state index in [0.717, 1.165) is 98.1 Å². The van der Waals surface area contributed by atoms with Crippen molar-refractivity contribution in [2.24, 2.45) is 105 Å². The number of aliphatic hydroxyl groups is 2. The van der Waals surface area contributed by atoms with Crippen LogP contribution in [0.1, 0.15) is 198 Å². The fraction of sp³-hybridized carbons (Fsp3) is 0.929. The van der Waals surface area contributed by atoms with Gasteiger partial charge in [-0.05, 0) is 194 Å². The van der Waals surface area contributed by atoms with E-state index in [1.165, 1.54) is 103 Å². The summed E-state index contributed by atoms with van der Waals surface area (Å²) in [6.45, 7) is 27.0. The highest BCUT2D eigenvalue weighted by Gasteiger charge is 2.63. The van der Waals surface area contributed by atoms with E-state index in [-0.39, 0.29) is 23.0 Å². The largest absolute Gasteiger partial charge is 0.393 e. The molecule has 8 aliphatic rings. The molecular weight excluding hydrogens is 721 g/mol. The van der Waals surface area contributed by atoms with Gasteiger partial charge in [-0.1, -0.05) is 131 Å². The molecule has 0 spiro atoms. The number of hydrogen-bond acceptors (Lipinski definition) is 3. The molecule has 336 valence electrons. The van der Waals surface area contributed by atoms with E-state index in [1.54, 1.807) is 11.1 Å². The zero-order valence-electron chi connectivity index (χ0n) is 40.3. The number of allylic oxidation sites excluding steroid dienone is 2. The summed E-state index contributed by atoms with van der Waals surface area (Å²) in [7, 11) is 0. The Kier molecular flexibility index (Phi) is 13.2. The summed E-state index contributed by atoms with van der Waals surface area (Å²) in [6, 6.07) is 0. The fourth-order valence-electron chi connectivity index (χ4n) is 18.6. The molecule has 0 amide bonds. The summed E-state index contributed by atoms with van der Waals surface area (Å²) < 4.78 is 7.14. The first-order chi connectivity index (χ1) is 28.0. The monoisotopic (exact) mass is 815 g/mol. The van der Waals surface area contributed by atoms with Crippen LogP contribution in [0.15, 0.2) is 23.3 Å². The lowest BCUT2D eigenvalue weighted by Crippen LogP contribution is -2.55. The Balaban J connectivity index is 0.952. The van der Waals surface area contributed by atoms with Gasteiger partial charge in [-0.25, -0.2) is 0 Å². The van der Waals surface area contributed by atoms with Crippen molar-refractivity contribution in [3.63, 3.8) is 0 Å². The van der Waals surface area contributed by atoms with E-state index >= 15 is 0 Å². The molecule has 0 saturated heterocycles. The first-order valence-electron chi connectivity index (χ1n) is 26.3. The maximum Gasteiger partial charge on any atom is 0.0581 e. The number of hydrogen-bond donors (Lipinski definition) is 2. The molecular formula is C56H94O3. The van der Waals surface area contributed by atoms with Crippen molar-refractivity contribution in [2.45, 2.75) is 210 Å². The smallest absolute Gasteiger partial charge is 0.0581 e. The molecule has 0 aromatic heterocycles. The highest BCUT2D eigenvalue weighted by atomic mass is 16.5. The Morgan fingerprint density at radius 2 is 0.966 bits per heavy atom. The Labute approximate surface area is 364 Å². The lowest BCUT2D eigenvalue weighted by Gasteiger charge is -2.61. The Morgan fingerprint density at radius 3 is 1.36 bits per heavy atom. The molecule has 8 rings (SSSR count). The van der Waals surface area contributed by atoms with Crippen molar-refractivity contribution in [1.82, 2.24) is 0 Å². The second kappa shape index (κ2) is 17.4. The molecule has 6 saturated carbocycles. The summed E-state index contributed by atoms with van der Waals surface area (Å²) in [4.78, 5) is 0. The Bertz CT molecular complexity index is 1400. The van der Waals surface area contributed by atoms with Crippen LogP contribution in [0, 0.1) is 105 Å². The van der Waals surface area contributed by atoms with Gasteiger partial charge in [0, 0.05) is 0 Å². The topological polar surface area (TPSA) is 49.7 Å². The number of aliphatic hydroxyl groups excluding tert-OH is 2. The van der Waals surface area contributed by atoms with Gasteiger partial charge in [-0.2, -0.15) is 0 Å². The summed E-state index contributed by atoms with van der Waals surface area (Å²) in [5.41, 5.74) is 4.37. The van der Waals surface area contributed by atoms with Crippen LogP contribution in [0.25, 0.3) is 0 Å². The van der Waals surface area contributed by atoms with E-state index < -0.39 is 0 Å². The summed E-state index contributed by atoms with van der Waals surface area (Å²) in [5.74, 6) is 10.5. The van der Waals surface area contributed by atoms with Crippen LogP contribution >= 0.6 is 0 Å². The third-order valence-corrected chi connectivity index (χ3v) is 21.8. The molecule has 8 aliphatic carbocycles. The first kappa shape index (κ1) is 44.9. The first-order valence-corrected chi connectivity index (χ1v) is 26.3. The zero-order valence-corrected chi connectivity index (χ0v) is 40.3. The average molecular weight is 815 g/mol. The molecule has 0 heterocycles. The number of rotatable bonds is 14. The third kappa shape index (κ3) is 7.88. The van der Waals surface area contributed by atoms with Gasteiger partial charge in [0.2, 0.25) is 0 Å². The van der Waals surface area contributed by atoms with Gasteiger partial charge in [0.05, 0.1) is 25.4 Å². The van der Waals surface area contributed by atoms with Crippen molar-refractivity contribution in [3.05, 3.63) is 23.3 Å². The maximum absolute atomic E-state index is 11.4. The van der Waals surface area contributed by atoms with Crippen LogP contribution in [0.5, 0.6) is 0 Å². The summed E-state index contributed by atoms with van der Waals surface area (Å²) in [6.07, 6.45) is 30.4. The van der Waals surface area contributed by atoms with Crippen LogP contribution in [-0.2, 0) is 4.74 Å². The standard InChI is InChI=1S/C56H94O3/c1-35(2)13-11-15-37(5)47-21-23-49-45-19-17-39-29-43(57)31-41(55(39,9)51(45)25-27-53(47,49)7)33-59-34-42-32-44(58)30-40-18-20-46-50-24-22-48(38(6)16-12-14-36(3)4)54(50,8)28-26-52(46)56(40,42)10/h17-18,35-38,41-52,57-58H,11-16,19-34H2,1-10H3/t37-,38-,41?,42?,43-,44-,45+,46+,47-,48-,49+,50+,51+,52+,53-,54-,55+,56+/m1/s1. The summed E-state index contributed by atoms with van der Waals surface area (Å²) >= 11 is 0. The molecule has 18 atom stereocenters. The highest BCUT2D eigenvalue weighted by molar-refractivity contribution is 5.29. The highest BCUT2D eigenvalue weighted by Crippen LogP contribution is 2.70. The summed E-state index contributed by atoms with van der Waals surface area (Å²) in [5, 5.41) is 22.8. The molecule has 0 bridgehead atoms. The molecule has 6 fully saturated rings. The molecule has 2 N–H and O–H groups in total. The lowest BCUT2D eigenvalue weighted by atomic mass is 9.44. The van der Waals surface area contributed by atoms with Crippen LogP contribution < -0.4 is 0 Å². The van der Waals surface area contributed by atoms with Crippen molar-refractivity contribution in [2.75, 3.05) is 13.2 Å². The van der Waals surface area contributed by atoms with E-state index in [9.17, 15) is 10.2 Å². The molecule has 2 unspecified atom stereocenters. The third-order valence-electron chi connectivity index (χ3n) is 21.8. The van der Waals surface area contributed by atoms with Crippen LogP contribution in [0.4, 0.5) is 0 Å². The van der Waals surface area contributed by atoms with E-state index in [1.807, 2.05) is 0 Å². The molecule has 3 heteroatoms. The predicted octanol–water partition coefficient (Wildman–Crippen LogP) is 14.3. The molecule has 3 nitrogen and oxygen atoms in total. The van der Waals surface area contributed by atoms with Gasteiger partial charge in [-0.15, -0.1) is 0 Å². The number of ether oxygens (including phenoxy) is 1. The molecule has 59 heavy (non-hydrogen) atoms. The molecule has 0 aromatic carbocycles. The minimum absolute atomic E-state index is 0.125. The molecule has 0 aliphatic heterocycles. The minimum atomic E-state index is -0.247. The van der Waals surface area contributed by atoms with Gasteiger partial charge in [0.1, 0.15) is 0 Å². The quantitative estimate of drug-likeness (QED) is 0.172. The SMILES string of the molecule is CC(C)CCC[C@@H](C)[C@H]1CC[C@H]2[C@@H]3CC=C4C[C@@H](O)CC(COCC5C[C@H](O)CC6=CC[C@H]7[C@@H]8CC[C@H]([C@H](C)CCCC(C)C)[C@@]8(C)CC[C@@H]7[C@@]65C)[C@@]4(C)[C@H]3CC[C@]12C. The second-order valence-electron chi connectivity index (χ2n) is 25.4. The molecule has 0 aromatic rings. The Morgan fingerprint density at radius 1 is 0.559 bits per heavy atom. The van der Waals surface area contributed by atoms with Gasteiger partial charge >= 0.3 is 0 Å². The van der Waals surface area contributed by atoms with Crippen molar-refractivity contribution in [3.8, 4) is 0 Å².